The van der Waals surface area contributed by atoms with Crippen LogP contribution < -0.4 is 5.32 Å². The second kappa shape index (κ2) is 6.72. The maximum absolute atomic E-state index is 11.8. The molecule has 0 saturated carbocycles. The van der Waals surface area contributed by atoms with Crippen LogP contribution in [0.25, 0.3) is 6.08 Å². The standard InChI is InChI=1S/C15H14ClN3O3/c16-11-5-2-1-4-10(11)7-8-13(20)17-15-19-18-14(22-15)12-6-3-9-21-12/h1-2,4-5,7-8,12H,3,6,9H2,(H,17,19,20)/b8-7+/t12-/m1/s1. The molecule has 0 radical (unpaired) electrons. The van der Waals surface area contributed by atoms with E-state index in [2.05, 4.69) is 15.5 Å². The molecule has 1 atom stereocenters. The van der Waals surface area contributed by atoms with Crippen molar-refractivity contribution in [2.75, 3.05) is 11.9 Å². The Labute approximate surface area is 132 Å². The van der Waals surface area contributed by atoms with Crippen molar-refractivity contribution in [3.05, 3.63) is 46.8 Å². The highest BCUT2D eigenvalue weighted by atomic mass is 35.5. The van der Waals surface area contributed by atoms with Gasteiger partial charge in [0, 0.05) is 17.7 Å². The number of benzene rings is 1. The highest BCUT2D eigenvalue weighted by Gasteiger charge is 2.23. The maximum atomic E-state index is 11.8. The molecule has 0 unspecified atom stereocenters. The van der Waals surface area contributed by atoms with Gasteiger partial charge in [0.2, 0.25) is 5.89 Å². The summed E-state index contributed by atoms with van der Waals surface area (Å²) in [6.45, 7) is 0.690. The summed E-state index contributed by atoms with van der Waals surface area (Å²) in [5, 5.41) is 10.8. The molecular formula is C15H14ClN3O3. The molecule has 1 aromatic heterocycles. The van der Waals surface area contributed by atoms with Crippen molar-refractivity contribution in [1.29, 1.82) is 0 Å². The summed E-state index contributed by atoms with van der Waals surface area (Å²) in [5.74, 6) is 0.0188. The van der Waals surface area contributed by atoms with Crippen LogP contribution in [0.3, 0.4) is 0 Å². The molecule has 7 heteroatoms. The average molecular weight is 320 g/mol. The third-order valence-corrected chi connectivity index (χ3v) is 3.54. The molecule has 1 aromatic carbocycles. The van der Waals surface area contributed by atoms with Gasteiger partial charge in [-0.1, -0.05) is 34.9 Å². The number of rotatable bonds is 4. The molecule has 1 fully saturated rings. The monoisotopic (exact) mass is 319 g/mol. The first-order valence-electron chi connectivity index (χ1n) is 6.91. The van der Waals surface area contributed by atoms with Crippen molar-refractivity contribution in [3.63, 3.8) is 0 Å². The molecule has 0 aliphatic carbocycles. The van der Waals surface area contributed by atoms with Gasteiger partial charge in [0.05, 0.1) is 0 Å². The first-order valence-corrected chi connectivity index (χ1v) is 7.29. The zero-order valence-corrected chi connectivity index (χ0v) is 12.4. The van der Waals surface area contributed by atoms with E-state index in [1.165, 1.54) is 6.08 Å². The fraction of sp³-hybridized carbons (Fsp3) is 0.267. The number of aromatic nitrogens is 2. The van der Waals surface area contributed by atoms with Gasteiger partial charge in [0.25, 0.3) is 5.91 Å². The second-order valence-corrected chi connectivity index (χ2v) is 5.20. The smallest absolute Gasteiger partial charge is 0.322 e. The van der Waals surface area contributed by atoms with Crippen LogP contribution in [0, 0.1) is 0 Å². The largest absolute Gasteiger partial charge is 0.405 e. The van der Waals surface area contributed by atoms with Crippen LogP contribution >= 0.6 is 11.6 Å². The summed E-state index contributed by atoms with van der Waals surface area (Å²) in [4.78, 5) is 11.8. The van der Waals surface area contributed by atoms with E-state index < -0.39 is 0 Å². The molecule has 2 heterocycles. The lowest BCUT2D eigenvalue weighted by molar-refractivity contribution is -0.112. The van der Waals surface area contributed by atoms with Crippen LogP contribution in [-0.2, 0) is 9.53 Å². The zero-order valence-electron chi connectivity index (χ0n) is 11.7. The minimum absolute atomic E-state index is 0.0549. The first-order chi connectivity index (χ1) is 10.7. The summed E-state index contributed by atoms with van der Waals surface area (Å²) in [5.41, 5.74) is 0.755. The van der Waals surface area contributed by atoms with Crippen molar-refractivity contribution < 1.29 is 13.9 Å². The molecule has 1 N–H and O–H groups in total. The minimum atomic E-state index is -0.373. The molecular weight excluding hydrogens is 306 g/mol. The van der Waals surface area contributed by atoms with Gasteiger partial charge in [-0.15, -0.1) is 5.10 Å². The Kier molecular flexibility index (Phi) is 4.50. The number of halogens is 1. The van der Waals surface area contributed by atoms with Crippen LogP contribution in [0.4, 0.5) is 6.01 Å². The Bertz CT molecular complexity index is 693. The minimum Gasteiger partial charge on any atom is -0.405 e. The van der Waals surface area contributed by atoms with E-state index in [4.69, 9.17) is 20.8 Å². The number of ether oxygens (including phenoxy) is 1. The van der Waals surface area contributed by atoms with Gasteiger partial charge in [-0.2, -0.15) is 0 Å². The number of carbonyl (C=O) groups excluding carboxylic acids is 1. The summed E-state index contributed by atoms with van der Waals surface area (Å²) in [7, 11) is 0. The number of carbonyl (C=O) groups is 1. The molecule has 1 aliphatic heterocycles. The van der Waals surface area contributed by atoms with E-state index in [9.17, 15) is 4.79 Å². The number of hydrogen-bond acceptors (Lipinski definition) is 5. The Morgan fingerprint density at radius 3 is 3.00 bits per heavy atom. The summed E-state index contributed by atoms with van der Waals surface area (Å²) < 4.78 is 10.8. The van der Waals surface area contributed by atoms with Crippen LogP contribution in [0.2, 0.25) is 5.02 Å². The summed E-state index contributed by atoms with van der Waals surface area (Å²) >= 11 is 6.01. The lowest BCUT2D eigenvalue weighted by Crippen LogP contribution is -2.07. The van der Waals surface area contributed by atoms with Crippen LogP contribution in [0.15, 0.2) is 34.8 Å². The van der Waals surface area contributed by atoms with Gasteiger partial charge in [-0.05, 0) is 30.5 Å². The molecule has 22 heavy (non-hydrogen) atoms. The van der Waals surface area contributed by atoms with Gasteiger partial charge in [-0.3, -0.25) is 10.1 Å². The molecule has 1 saturated heterocycles. The normalized spacial score (nSPS) is 18.0. The van der Waals surface area contributed by atoms with Gasteiger partial charge in [0.1, 0.15) is 6.10 Å². The van der Waals surface area contributed by atoms with Gasteiger partial charge >= 0.3 is 6.01 Å². The Balaban J connectivity index is 1.61. The SMILES string of the molecule is O=C(/C=C/c1ccccc1Cl)Nc1nnc([C@H]2CCCO2)o1. The van der Waals surface area contributed by atoms with E-state index in [1.807, 2.05) is 18.2 Å². The highest BCUT2D eigenvalue weighted by Crippen LogP contribution is 2.28. The van der Waals surface area contributed by atoms with Gasteiger partial charge < -0.3 is 9.15 Å². The molecule has 1 aliphatic rings. The first kappa shape index (κ1) is 14.7. The second-order valence-electron chi connectivity index (χ2n) is 4.79. The van der Waals surface area contributed by atoms with E-state index in [1.54, 1.807) is 12.1 Å². The predicted octanol–water partition coefficient (Wildman–Crippen LogP) is 3.23. The fourth-order valence-corrected chi connectivity index (χ4v) is 2.31. The Morgan fingerprint density at radius 1 is 1.36 bits per heavy atom. The average Bonchev–Trinajstić information content (AvgIpc) is 3.17. The number of anilines is 1. The van der Waals surface area contributed by atoms with Crippen LogP contribution in [0.1, 0.15) is 30.4 Å². The number of hydrogen-bond donors (Lipinski definition) is 1. The molecule has 3 rings (SSSR count). The third-order valence-electron chi connectivity index (χ3n) is 3.20. The lowest BCUT2D eigenvalue weighted by atomic mass is 10.2. The van der Waals surface area contributed by atoms with Crippen molar-refractivity contribution in [1.82, 2.24) is 10.2 Å². The molecule has 0 bridgehead atoms. The van der Waals surface area contributed by atoms with Crippen molar-refractivity contribution in [2.24, 2.45) is 0 Å². The van der Waals surface area contributed by atoms with Gasteiger partial charge in [-0.25, -0.2) is 0 Å². The fourth-order valence-electron chi connectivity index (χ4n) is 2.11. The van der Waals surface area contributed by atoms with E-state index in [-0.39, 0.29) is 18.0 Å². The van der Waals surface area contributed by atoms with Gasteiger partial charge in [0.15, 0.2) is 0 Å². The number of nitrogens with zero attached hydrogens (tertiary/aromatic N) is 2. The topological polar surface area (TPSA) is 77.2 Å². The number of amides is 1. The van der Waals surface area contributed by atoms with E-state index >= 15 is 0 Å². The zero-order chi connectivity index (χ0) is 15.4. The molecule has 1 amide bonds. The number of nitrogens with one attached hydrogen (secondary N) is 1. The Hall–Kier alpha value is -2.18. The van der Waals surface area contributed by atoms with Crippen molar-refractivity contribution in [3.8, 4) is 0 Å². The predicted molar refractivity (Wildman–Crippen MR) is 81.3 cm³/mol. The Morgan fingerprint density at radius 2 is 2.23 bits per heavy atom. The summed E-state index contributed by atoms with van der Waals surface area (Å²) in [6.07, 6.45) is 4.63. The van der Waals surface area contributed by atoms with Crippen molar-refractivity contribution >= 4 is 29.6 Å². The van der Waals surface area contributed by atoms with E-state index in [0.29, 0.717) is 17.5 Å². The van der Waals surface area contributed by atoms with Crippen molar-refractivity contribution in [2.45, 2.75) is 18.9 Å². The lowest BCUT2D eigenvalue weighted by Gasteiger charge is -2.01. The molecule has 114 valence electrons. The van der Waals surface area contributed by atoms with Crippen LogP contribution in [0.5, 0.6) is 0 Å². The molecule has 0 spiro atoms. The van der Waals surface area contributed by atoms with Crippen LogP contribution in [-0.4, -0.2) is 22.7 Å². The third kappa shape index (κ3) is 3.52. The van der Waals surface area contributed by atoms with E-state index in [0.717, 1.165) is 18.4 Å². The molecule has 6 nitrogen and oxygen atoms in total. The highest BCUT2D eigenvalue weighted by molar-refractivity contribution is 6.32. The summed E-state index contributed by atoms with van der Waals surface area (Å²) in [6, 6.07) is 7.29. The molecule has 2 aromatic rings. The maximum Gasteiger partial charge on any atom is 0.322 e. The quantitative estimate of drug-likeness (QED) is 0.875.